The van der Waals surface area contributed by atoms with E-state index in [-0.39, 0.29) is 17.5 Å². The van der Waals surface area contributed by atoms with Gasteiger partial charge in [-0.15, -0.1) is 0 Å². The van der Waals surface area contributed by atoms with Crippen LogP contribution in [0.25, 0.3) is 10.9 Å². The number of amides is 1. The molecule has 1 aromatic carbocycles. The number of aromatic nitrogens is 2. The Morgan fingerprint density at radius 3 is 2.54 bits per heavy atom. The summed E-state index contributed by atoms with van der Waals surface area (Å²) in [5, 5.41) is 1.00. The number of rotatable bonds is 10. The van der Waals surface area contributed by atoms with Crippen LogP contribution in [-0.2, 0) is 11.8 Å². The highest BCUT2D eigenvalue weighted by Crippen LogP contribution is 2.22. The molecule has 1 aromatic heterocycles. The van der Waals surface area contributed by atoms with Gasteiger partial charge < -0.3 is 4.90 Å². The Morgan fingerprint density at radius 1 is 1.18 bits per heavy atom. The summed E-state index contributed by atoms with van der Waals surface area (Å²) in [5.74, 6) is 0.717. The first-order valence-corrected chi connectivity index (χ1v) is 10.7. The van der Waals surface area contributed by atoms with Gasteiger partial charge in [-0.25, -0.2) is 4.98 Å². The van der Waals surface area contributed by atoms with Crippen LogP contribution in [-0.4, -0.2) is 26.9 Å². The lowest BCUT2D eigenvalue weighted by Crippen LogP contribution is -2.37. The number of nitrogens with zero attached hydrogens (tertiary/aromatic N) is 3. The van der Waals surface area contributed by atoms with Crippen LogP contribution in [0.3, 0.4) is 0 Å². The Kier molecular flexibility index (Phi) is 8.49. The van der Waals surface area contributed by atoms with Crippen LogP contribution in [0.5, 0.6) is 0 Å². The average molecular weight is 406 g/mol. The molecule has 1 unspecified atom stereocenters. The molecule has 6 heteroatoms. The molecule has 2 aromatic rings. The van der Waals surface area contributed by atoms with Gasteiger partial charge in [-0.1, -0.05) is 50.6 Å². The fourth-order valence-corrected chi connectivity index (χ4v) is 3.81. The zero-order chi connectivity index (χ0) is 20.7. The third-order valence-corrected chi connectivity index (χ3v) is 5.55. The number of hydrogen-bond donors (Lipinski definition) is 0. The van der Waals surface area contributed by atoms with E-state index in [1.54, 1.807) is 25.2 Å². The van der Waals surface area contributed by atoms with Gasteiger partial charge in [0.05, 0.1) is 16.9 Å². The molecular formula is C22H32ClN3O2. The number of unbranched alkanes of at least 4 members (excludes halogenated alkanes) is 5. The molecule has 0 aliphatic rings. The Balaban J connectivity index is 2.15. The fourth-order valence-electron chi connectivity index (χ4n) is 3.64. The number of halogens is 1. The Hall–Kier alpha value is -1.88. The van der Waals surface area contributed by atoms with Crippen molar-refractivity contribution in [3.8, 4) is 0 Å². The van der Waals surface area contributed by atoms with Gasteiger partial charge in [0.1, 0.15) is 5.82 Å². The lowest BCUT2D eigenvalue weighted by Gasteiger charge is -2.29. The van der Waals surface area contributed by atoms with Crippen molar-refractivity contribution in [3.63, 3.8) is 0 Å². The van der Waals surface area contributed by atoms with Crippen LogP contribution in [0, 0.1) is 0 Å². The predicted octanol–water partition coefficient (Wildman–Crippen LogP) is 5.25. The summed E-state index contributed by atoms with van der Waals surface area (Å²) in [5.41, 5.74) is 0.461. The number of benzene rings is 1. The molecule has 0 aliphatic heterocycles. The van der Waals surface area contributed by atoms with Gasteiger partial charge in [-0.05, 0) is 38.5 Å². The fraction of sp³-hybridized carbons (Fsp3) is 0.591. The third-order valence-electron chi connectivity index (χ3n) is 5.32. The van der Waals surface area contributed by atoms with E-state index in [1.165, 1.54) is 30.3 Å². The number of fused-ring (bicyclic) bond motifs is 1. The van der Waals surface area contributed by atoms with Crippen molar-refractivity contribution in [1.29, 1.82) is 0 Å². The molecule has 0 spiro atoms. The van der Waals surface area contributed by atoms with Crippen molar-refractivity contribution >= 4 is 28.4 Å². The highest BCUT2D eigenvalue weighted by atomic mass is 35.5. The molecule has 0 N–H and O–H groups in total. The summed E-state index contributed by atoms with van der Waals surface area (Å²) < 4.78 is 1.53. The molecule has 0 radical (unpaired) electrons. The minimum absolute atomic E-state index is 0.121. The molecular weight excluding hydrogens is 374 g/mol. The second kappa shape index (κ2) is 10.6. The maximum absolute atomic E-state index is 12.8. The van der Waals surface area contributed by atoms with Crippen LogP contribution in [0.4, 0.5) is 0 Å². The average Bonchev–Trinajstić information content (AvgIpc) is 2.68. The molecule has 0 bridgehead atoms. The van der Waals surface area contributed by atoms with Gasteiger partial charge in [-0.3, -0.25) is 14.2 Å². The minimum atomic E-state index is -0.268. The van der Waals surface area contributed by atoms with E-state index in [0.29, 0.717) is 34.7 Å². The zero-order valence-electron chi connectivity index (χ0n) is 17.5. The molecule has 0 saturated carbocycles. The van der Waals surface area contributed by atoms with Crippen LogP contribution >= 0.6 is 11.6 Å². The van der Waals surface area contributed by atoms with Gasteiger partial charge >= 0.3 is 0 Å². The molecule has 0 saturated heterocycles. The van der Waals surface area contributed by atoms with E-state index < -0.39 is 0 Å². The quantitative estimate of drug-likeness (QED) is 0.507. The zero-order valence-corrected chi connectivity index (χ0v) is 18.3. The van der Waals surface area contributed by atoms with Crippen molar-refractivity contribution in [2.45, 2.75) is 71.8 Å². The van der Waals surface area contributed by atoms with Gasteiger partial charge in [0.2, 0.25) is 5.91 Å². The molecule has 28 heavy (non-hydrogen) atoms. The van der Waals surface area contributed by atoms with Crippen molar-refractivity contribution in [3.05, 3.63) is 39.4 Å². The second-order valence-electron chi connectivity index (χ2n) is 7.37. The Labute approximate surface area is 172 Å². The summed E-state index contributed by atoms with van der Waals surface area (Å²) in [6.07, 6.45) is 7.46. The lowest BCUT2D eigenvalue weighted by molar-refractivity contribution is -0.133. The first kappa shape index (κ1) is 22.4. The standard InChI is InChI=1S/C22H32ClN3O2/c1-5-7-8-9-10-11-12-20(27)26(6-2)16(3)21-24-19-14-13-17(23)15-18(19)22(28)25(21)4/h13-16H,5-12H2,1-4H3. The Morgan fingerprint density at radius 2 is 1.86 bits per heavy atom. The van der Waals surface area contributed by atoms with Gasteiger partial charge in [0, 0.05) is 25.0 Å². The molecule has 154 valence electrons. The normalized spacial score (nSPS) is 12.3. The van der Waals surface area contributed by atoms with Crippen LogP contribution in [0.15, 0.2) is 23.0 Å². The highest BCUT2D eigenvalue weighted by Gasteiger charge is 2.23. The third kappa shape index (κ3) is 5.34. The number of carbonyl (C=O) groups is 1. The SMILES string of the molecule is CCCCCCCCC(=O)N(CC)C(C)c1nc2ccc(Cl)cc2c(=O)n1C. The minimum Gasteiger partial charge on any atom is -0.333 e. The summed E-state index contributed by atoms with van der Waals surface area (Å²) in [4.78, 5) is 32.0. The molecule has 5 nitrogen and oxygen atoms in total. The van der Waals surface area contributed by atoms with Crippen molar-refractivity contribution in [1.82, 2.24) is 14.5 Å². The van der Waals surface area contributed by atoms with Gasteiger partial charge in [0.25, 0.3) is 5.56 Å². The van der Waals surface area contributed by atoms with E-state index in [2.05, 4.69) is 11.9 Å². The molecule has 0 aliphatic carbocycles. The second-order valence-corrected chi connectivity index (χ2v) is 7.81. The van der Waals surface area contributed by atoms with Gasteiger partial charge in [-0.2, -0.15) is 0 Å². The highest BCUT2D eigenvalue weighted by molar-refractivity contribution is 6.31. The topological polar surface area (TPSA) is 55.2 Å². The van der Waals surface area contributed by atoms with E-state index in [9.17, 15) is 9.59 Å². The Bertz CT molecular complexity index is 863. The van der Waals surface area contributed by atoms with Crippen LogP contribution in [0.2, 0.25) is 5.02 Å². The van der Waals surface area contributed by atoms with Crippen molar-refractivity contribution in [2.24, 2.45) is 7.05 Å². The van der Waals surface area contributed by atoms with Crippen molar-refractivity contribution < 1.29 is 4.79 Å². The number of hydrogen-bond acceptors (Lipinski definition) is 3. The summed E-state index contributed by atoms with van der Waals surface area (Å²) in [6, 6.07) is 4.85. The summed E-state index contributed by atoms with van der Waals surface area (Å²) in [7, 11) is 1.70. The molecule has 1 amide bonds. The molecule has 1 heterocycles. The van der Waals surface area contributed by atoms with Gasteiger partial charge in [0.15, 0.2) is 0 Å². The molecule has 1 atom stereocenters. The molecule has 2 rings (SSSR count). The van der Waals surface area contributed by atoms with Crippen LogP contribution < -0.4 is 5.56 Å². The largest absolute Gasteiger partial charge is 0.333 e. The first-order chi connectivity index (χ1) is 13.4. The van der Waals surface area contributed by atoms with Crippen LogP contribution in [0.1, 0.15) is 77.6 Å². The summed E-state index contributed by atoms with van der Waals surface area (Å²) in [6.45, 7) is 6.69. The first-order valence-electron chi connectivity index (χ1n) is 10.4. The monoisotopic (exact) mass is 405 g/mol. The lowest BCUT2D eigenvalue weighted by atomic mass is 10.1. The van der Waals surface area contributed by atoms with E-state index in [1.807, 2.05) is 18.7 Å². The molecule has 0 fully saturated rings. The van der Waals surface area contributed by atoms with E-state index in [0.717, 1.165) is 12.8 Å². The van der Waals surface area contributed by atoms with E-state index in [4.69, 9.17) is 11.6 Å². The number of carbonyl (C=O) groups excluding carboxylic acids is 1. The van der Waals surface area contributed by atoms with E-state index >= 15 is 0 Å². The smallest absolute Gasteiger partial charge is 0.261 e. The maximum Gasteiger partial charge on any atom is 0.261 e. The van der Waals surface area contributed by atoms with Crippen molar-refractivity contribution in [2.75, 3.05) is 6.54 Å². The maximum atomic E-state index is 12.8. The predicted molar refractivity (Wildman–Crippen MR) is 116 cm³/mol. The summed E-state index contributed by atoms with van der Waals surface area (Å²) >= 11 is 6.02.